The highest BCUT2D eigenvalue weighted by Crippen LogP contribution is 2.25. The second-order valence-corrected chi connectivity index (χ2v) is 3.29. The minimum Gasteiger partial charge on any atom is -0.495 e. The first kappa shape index (κ1) is 7.64. The quantitative estimate of drug-likeness (QED) is 0.548. The first-order chi connectivity index (χ1) is 4.70. The molecule has 0 aromatic heterocycles. The normalized spacial score (nSPS) is 18.7. The maximum Gasteiger partial charge on any atom is 0.0982 e. The van der Waals surface area contributed by atoms with Crippen molar-refractivity contribution in [2.45, 2.75) is 39.2 Å². The molecule has 0 aromatic rings. The van der Waals surface area contributed by atoms with Crippen LogP contribution >= 0.6 is 0 Å². The average Bonchev–Trinajstić information content (AvgIpc) is 1.77. The van der Waals surface area contributed by atoms with Crippen LogP contribution in [0.2, 0.25) is 0 Å². The lowest BCUT2D eigenvalue weighted by Crippen LogP contribution is -2.22. The molecular formula is C9H16O. The highest BCUT2D eigenvalue weighted by molar-refractivity contribution is 4.89. The zero-order valence-electron chi connectivity index (χ0n) is 6.89. The zero-order valence-corrected chi connectivity index (χ0v) is 6.89. The van der Waals surface area contributed by atoms with Crippen molar-refractivity contribution in [3.63, 3.8) is 0 Å². The molecule has 1 saturated carbocycles. The van der Waals surface area contributed by atoms with Gasteiger partial charge in [-0.1, -0.05) is 20.4 Å². The van der Waals surface area contributed by atoms with E-state index >= 15 is 0 Å². The molecule has 1 heteroatoms. The van der Waals surface area contributed by atoms with Crippen molar-refractivity contribution in [1.82, 2.24) is 0 Å². The number of allylic oxidation sites excluding steroid dienone is 1. The molecular weight excluding hydrogens is 124 g/mol. The van der Waals surface area contributed by atoms with Crippen molar-refractivity contribution in [1.29, 1.82) is 0 Å². The van der Waals surface area contributed by atoms with Crippen molar-refractivity contribution in [2.24, 2.45) is 5.92 Å². The van der Waals surface area contributed by atoms with Crippen LogP contribution in [0.15, 0.2) is 12.3 Å². The minimum absolute atomic E-state index is 0.473. The van der Waals surface area contributed by atoms with E-state index < -0.39 is 0 Å². The summed E-state index contributed by atoms with van der Waals surface area (Å²) >= 11 is 0. The Balaban J connectivity index is 2.17. The first-order valence-electron chi connectivity index (χ1n) is 4.05. The smallest absolute Gasteiger partial charge is 0.0982 e. The van der Waals surface area contributed by atoms with Crippen molar-refractivity contribution in [3.05, 3.63) is 12.3 Å². The number of rotatable bonds is 3. The van der Waals surface area contributed by atoms with Gasteiger partial charge in [0.25, 0.3) is 0 Å². The Morgan fingerprint density at radius 3 is 2.40 bits per heavy atom. The molecule has 0 N–H and O–H groups in total. The summed E-state index contributed by atoms with van der Waals surface area (Å²) < 4.78 is 5.55. The van der Waals surface area contributed by atoms with Crippen molar-refractivity contribution >= 4 is 0 Å². The van der Waals surface area contributed by atoms with Gasteiger partial charge in [0, 0.05) is 5.92 Å². The van der Waals surface area contributed by atoms with Gasteiger partial charge in [-0.25, -0.2) is 0 Å². The molecule has 1 aliphatic carbocycles. The van der Waals surface area contributed by atoms with Gasteiger partial charge in [0.05, 0.1) is 11.9 Å². The molecule has 0 heterocycles. The third kappa shape index (κ3) is 1.76. The van der Waals surface area contributed by atoms with Gasteiger partial charge in [-0.05, 0) is 19.3 Å². The van der Waals surface area contributed by atoms with Crippen molar-refractivity contribution in [3.8, 4) is 0 Å². The summed E-state index contributed by atoms with van der Waals surface area (Å²) in [5, 5.41) is 0. The van der Waals surface area contributed by atoms with Crippen molar-refractivity contribution in [2.75, 3.05) is 0 Å². The van der Waals surface area contributed by atoms with E-state index in [1.165, 1.54) is 19.3 Å². The number of hydrogen-bond acceptors (Lipinski definition) is 1. The van der Waals surface area contributed by atoms with Crippen LogP contribution in [-0.4, -0.2) is 6.10 Å². The molecule has 1 nitrogen and oxygen atoms in total. The summed E-state index contributed by atoms with van der Waals surface area (Å²) in [4.78, 5) is 0. The molecule has 0 bridgehead atoms. The van der Waals surface area contributed by atoms with Crippen LogP contribution in [0, 0.1) is 5.92 Å². The second-order valence-electron chi connectivity index (χ2n) is 3.29. The lowest BCUT2D eigenvalue weighted by Gasteiger charge is -2.28. The largest absolute Gasteiger partial charge is 0.495 e. The van der Waals surface area contributed by atoms with E-state index in [0.717, 1.165) is 5.76 Å². The van der Waals surface area contributed by atoms with E-state index in [9.17, 15) is 0 Å². The maximum absolute atomic E-state index is 5.55. The topological polar surface area (TPSA) is 9.23 Å². The fraction of sp³-hybridized carbons (Fsp3) is 0.778. The van der Waals surface area contributed by atoms with Crippen LogP contribution in [0.1, 0.15) is 33.1 Å². The number of ether oxygens (including phenoxy) is 1. The van der Waals surface area contributed by atoms with Gasteiger partial charge in [0.15, 0.2) is 0 Å². The van der Waals surface area contributed by atoms with Crippen LogP contribution in [0.5, 0.6) is 0 Å². The first-order valence-corrected chi connectivity index (χ1v) is 4.05. The SMILES string of the molecule is C=C(OC1CCC1)C(C)C. The molecule has 0 aromatic carbocycles. The van der Waals surface area contributed by atoms with Crippen LogP contribution in [0.3, 0.4) is 0 Å². The van der Waals surface area contributed by atoms with Gasteiger partial charge in [-0.15, -0.1) is 0 Å². The Kier molecular flexibility index (Phi) is 2.36. The predicted molar refractivity (Wildman–Crippen MR) is 42.7 cm³/mol. The molecule has 0 atom stereocenters. The van der Waals surface area contributed by atoms with Crippen molar-refractivity contribution < 1.29 is 4.74 Å². The Morgan fingerprint density at radius 1 is 1.50 bits per heavy atom. The monoisotopic (exact) mass is 140 g/mol. The van der Waals surface area contributed by atoms with E-state index in [1.54, 1.807) is 0 Å². The molecule has 0 aliphatic heterocycles. The predicted octanol–water partition coefficient (Wildman–Crippen LogP) is 2.73. The molecule has 0 saturated heterocycles. The summed E-state index contributed by atoms with van der Waals surface area (Å²) in [5.41, 5.74) is 0. The summed E-state index contributed by atoms with van der Waals surface area (Å²) in [6, 6.07) is 0. The van der Waals surface area contributed by atoms with Gasteiger partial charge >= 0.3 is 0 Å². The molecule has 1 fully saturated rings. The summed E-state index contributed by atoms with van der Waals surface area (Å²) in [6.07, 6.45) is 4.28. The van der Waals surface area contributed by atoms with E-state index in [0.29, 0.717) is 12.0 Å². The van der Waals surface area contributed by atoms with Gasteiger partial charge in [0.1, 0.15) is 0 Å². The number of hydrogen-bond donors (Lipinski definition) is 0. The molecule has 0 radical (unpaired) electrons. The molecule has 1 aliphatic rings. The Bertz CT molecular complexity index is 123. The van der Waals surface area contributed by atoms with Crippen LogP contribution < -0.4 is 0 Å². The van der Waals surface area contributed by atoms with E-state index in [1.807, 2.05) is 0 Å². The van der Waals surface area contributed by atoms with Gasteiger partial charge < -0.3 is 4.74 Å². The fourth-order valence-electron chi connectivity index (χ4n) is 0.839. The summed E-state index contributed by atoms with van der Waals surface area (Å²) in [6.45, 7) is 8.08. The Morgan fingerprint density at radius 2 is 2.10 bits per heavy atom. The van der Waals surface area contributed by atoms with Gasteiger partial charge in [-0.2, -0.15) is 0 Å². The zero-order chi connectivity index (χ0) is 7.56. The maximum atomic E-state index is 5.55. The average molecular weight is 140 g/mol. The third-order valence-electron chi connectivity index (χ3n) is 2.01. The highest BCUT2D eigenvalue weighted by Gasteiger charge is 2.19. The molecule has 0 amide bonds. The highest BCUT2D eigenvalue weighted by atomic mass is 16.5. The standard InChI is InChI=1S/C9H16O/c1-7(2)8(3)10-9-5-4-6-9/h7,9H,3-6H2,1-2H3. The van der Waals surface area contributed by atoms with Crippen LogP contribution in [0.4, 0.5) is 0 Å². The summed E-state index contributed by atoms with van der Waals surface area (Å²) in [5.74, 6) is 1.42. The summed E-state index contributed by atoms with van der Waals surface area (Å²) in [7, 11) is 0. The fourth-order valence-corrected chi connectivity index (χ4v) is 0.839. The third-order valence-corrected chi connectivity index (χ3v) is 2.01. The lowest BCUT2D eigenvalue weighted by atomic mass is 9.96. The van der Waals surface area contributed by atoms with E-state index in [-0.39, 0.29) is 0 Å². The van der Waals surface area contributed by atoms with Gasteiger partial charge in [-0.3, -0.25) is 0 Å². The molecule has 0 unspecified atom stereocenters. The minimum atomic E-state index is 0.473. The molecule has 1 rings (SSSR count). The molecule has 0 spiro atoms. The lowest BCUT2D eigenvalue weighted by molar-refractivity contribution is 0.0403. The van der Waals surface area contributed by atoms with Crippen LogP contribution in [-0.2, 0) is 4.74 Å². The van der Waals surface area contributed by atoms with Gasteiger partial charge in [0.2, 0.25) is 0 Å². The molecule has 10 heavy (non-hydrogen) atoms. The van der Waals surface area contributed by atoms with E-state index in [4.69, 9.17) is 4.74 Å². The Hall–Kier alpha value is -0.460. The van der Waals surface area contributed by atoms with Crippen LogP contribution in [0.25, 0.3) is 0 Å². The van der Waals surface area contributed by atoms with E-state index in [2.05, 4.69) is 20.4 Å². The Labute approximate surface area is 63.1 Å². The molecule has 58 valence electrons. The second kappa shape index (κ2) is 3.09.